The van der Waals surface area contributed by atoms with Crippen LogP contribution in [0.3, 0.4) is 0 Å². The third kappa shape index (κ3) is 9.23. The number of nitrogens with one attached hydrogen (secondary N) is 3. The topological polar surface area (TPSA) is 68.8 Å². The lowest BCUT2D eigenvalue weighted by atomic mass is 10.0. The summed E-state index contributed by atoms with van der Waals surface area (Å²) in [6.07, 6.45) is 3.70. The molecular formula is C21H36IN5O. The van der Waals surface area contributed by atoms with Gasteiger partial charge in [0.1, 0.15) is 0 Å². The van der Waals surface area contributed by atoms with Crippen molar-refractivity contribution in [2.24, 2.45) is 4.99 Å². The van der Waals surface area contributed by atoms with Gasteiger partial charge in [0.2, 0.25) is 5.91 Å². The molecule has 158 valence electrons. The molecule has 1 atom stereocenters. The summed E-state index contributed by atoms with van der Waals surface area (Å²) >= 11 is 0. The molecule has 2 rings (SSSR count). The Labute approximate surface area is 187 Å². The van der Waals surface area contributed by atoms with Gasteiger partial charge >= 0.3 is 0 Å². The van der Waals surface area contributed by atoms with Gasteiger partial charge in [-0.1, -0.05) is 36.8 Å². The molecule has 0 aromatic heterocycles. The van der Waals surface area contributed by atoms with E-state index in [4.69, 9.17) is 0 Å². The number of likely N-dealkylation sites (tertiary alicyclic amines) is 1. The number of benzene rings is 1. The first kappa shape index (κ1) is 24.7. The molecule has 1 unspecified atom stereocenters. The highest BCUT2D eigenvalue weighted by Gasteiger charge is 2.22. The minimum atomic E-state index is -0.226. The Hall–Kier alpha value is -1.35. The predicted molar refractivity (Wildman–Crippen MR) is 127 cm³/mol. The average Bonchev–Trinajstić information content (AvgIpc) is 2.62. The summed E-state index contributed by atoms with van der Waals surface area (Å²) in [5.41, 5.74) is 1.13. The molecule has 1 aliphatic heterocycles. The van der Waals surface area contributed by atoms with Gasteiger partial charge in [-0.3, -0.25) is 14.7 Å². The van der Waals surface area contributed by atoms with E-state index in [0.717, 1.165) is 19.6 Å². The molecule has 28 heavy (non-hydrogen) atoms. The molecule has 6 nitrogen and oxygen atoms in total. The Morgan fingerprint density at radius 3 is 2.54 bits per heavy atom. The van der Waals surface area contributed by atoms with E-state index in [1.165, 1.54) is 24.8 Å². The first-order valence-electron chi connectivity index (χ1n) is 9.91. The molecule has 1 aromatic rings. The largest absolute Gasteiger partial charge is 0.355 e. The van der Waals surface area contributed by atoms with Crippen LogP contribution in [0.5, 0.6) is 0 Å². The van der Waals surface area contributed by atoms with Crippen LogP contribution < -0.4 is 16.0 Å². The van der Waals surface area contributed by atoms with Gasteiger partial charge in [-0.2, -0.15) is 0 Å². The molecule has 1 aromatic carbocycles. The summed E-state index contributed by atoms with van der Waals surface area (Å²) in [6.45, 7) is 9.07. The number of nitrogens with zero attached hydrogens (tertiary/aromatic N) is 2. The van der Waals surface area contributed by atoms with Gasteiger partial charge in [0.15, 0.2) is 5.96 Å². The number of rotatable bonds is 6. The van der Waals surface area contributed by atoms with Crippen LogP contribution >= 0.6 is 24.0 Å². The lowest BCUT2D eigenvalue weighted by Crippen LogP contribution is -2.51. The maximum Gasteiger partial charge on any atom is 0.239 e. The summed E-state index contributed by atoms with van der Waals surface area (Å²) in [6, 6.07) is 11.1. The minimum Gasteiger partial charge on any atom is -0.355 e. The van der Waals surface area contributed by atoms with Gasteiger partial charge in [-0.15, -0.1) is 24.0 Å². The van der Waals surface area contributed by atoms with Crippen molar-refractivity contribution in [2.75, 3.05) is 26.7 Å². The summed E-state index contributed by atoms with van der Waals surface area (Å²) in [4.78, 5) is 18.8. The molecule has 0 saturated carbocycles. The van der Waals surface area contributed by atoms with Gasteiger partial charge in [0, 0.05) is 31.7 Å². The maximum atomic E-state index is 12.0. The molecule has 1 heterocycles. The molecular weight excluding hydrogens is 465 g/mol. The molecule has 1 fully saturated rings. The first-order chi connectivity index (χ1) is 12.9. The predicted octanol–water partition coefficient (Wildman–Crippen LogP) is 2.74. The number of piperidine rings is 1. The van der Waals surface area contributed by atoms with Crippen LogP contribution in [0.2, 0.25) is 0 Å². The van der Waals surface area contributed by atoms with Gasteiger partial charge in [-0.25, -0.2) is 0 Å². The molecule has 0 aliphatic carbocycles. The molecule has 0 spiro atoms. The number of hydrogen-bond donors (Lipinski definition) is 3. The molecule has 1 saturated heterocycles. The van der Waals surface area contributed by atoms with Gasteiger partial charge in [-0.05, 0) is 45.7 Å². The van der Waals surface area contributed by atoms with Crippen molar-refractivity contribution in [3.05, 3.63) is 35.9 Å². The summed E-state index contributed by atoms with van der Waals surface area (Å²) in [7, 11) is 1.74. The Morgan fingerprint density at radius 1 is 1.18 bits per heavy atom. The number of carbonyl (C=O) groups is 1. The van der Waals surface area contributed by atoms with Gasteiger partial charge < -0.3 is 16.0 Å². The smallest absolute Gasteiger partial charge is 0.239 e. The van der Waals surface area contributed by atoms with Crippen LogP contribution in [-0.2, 0) is 11.3 Å². The molecule has 0 radical (unpaired) electrons. The highest BCUT2D eigenvalue weighted by atomic mass is 127. The second-order valence-electron chi connectivity index (χ2n) is 8.21. The van der Waals surface area contributed by atoms with Crippen LogP contribution in [0.1, 0.15) is 45.6 Å². The van der Waals surface area contributed by atoms with Crippen molar-refractivity contribution in [1.29, 1.82) is 0 Å². The van der Waals surface area contributed by atoms with Gasteiger partial charge in [0.25, 0.3) is 0 Å². The highest BCUT2D eigenvalue weighted by molar-refractivity contribution is 14.0. The zero-order valence-corrected chi connectivity index (χ0v) is 20.0. The van der Waals surface area contributed by atoms with Crippen molar-refractivity contribution < 1.29 is 4.79 Å². The zero-order chi connectivity index (χ0) is 19.7. The van der Waals surface area contributed by atoms with Gasteiger partial charge in [0.05, 0.1) is 6.54 Å². The third-order valence-corrected chi connectivity index (χ3v) is 4.64. The van der Waals surface area contributed by atoms with E-state index in [1.54, 1.807) is 7.05 Å². The fraction of sp³-hybridized carbons (Fsp3) is 0.619. The van der Waals surface area contributed by atoms with Crippen LogP contribution in [0.4, 0.5) is 0 Å². The zero-order valence-electron chi connectivity index (χ0n) is 17.6. The van der Waals surface area contributed by atoms with E-state index in [1.807, 2.05) is 20.8 Å². The number of halogens is 1. The van der Waals surface area contributed by atoms with E-state index >= 15 is 0 Å². The average molecular weight is 501 g/mol. The lowest BCUT2D eigenvalue weighted by Gasteiger charge is -2.36. The van der Waals surface area contributed by atoms with E-state index in [0.29, 0.717) is 12.0 Å². The Bertz CT molecular complexity index is 615. The Balaban J connectivity index is 0.00000392. The van der Waals surface area contributed by atoms with E-state index in [9.17, 15) is 4.79 Å². The van der Waals surface area contributed by atoms with Crippen LogP contribution in [0.25, 0.3) is 0 Å². The number of carbonyl (C=O) groups excluding carboxylic acids is 1. The standard InChI is InChI=1S/C21H35N5O.HI/c1-21(2,3)25-19(27)15-24-20(22-4)23-14-18-12-8-9-13-26(18)16-17-10-6-5-7-11-17;/h5-7,10-11,18H,8-9,12-16H2,1-4H3,(H,25,27)(H2,22,23,24);1H. The maximum absolute atomic E-state index is 12.0. The SMILES string of the molecule is CN=C(NCC(=O)NC(C)(C)C)NCC1CCCCN1Cc1ccccc1.I. The summed E-state index contributed by atoms with van der Waals surface area (Å²) in [5.74, 6) is 0.637. The molecule has 7 heteroatoms. The first-order valence-corrected chi connectivity index (χ1v) is 9.91. The molecule has 1 amide bonds. The van der Waals surface area contributed by atoms with Crippen molar-refractivity contribution >= 4 is 35.8 Å². The molecule has 3 N–H and O–H groups in total. The van der Waals surface area contributed by atoms with Crippen molar-refractivity contribution in [2.45, 2.75) is 58.2 Å². The van der Waals surface area contributed by atoms with Crippen LogP contribution in [0.15, 0.2) is 35.3 Å². The van der Waals surface area contributed by atoms with Crippen molar-refractivity contribution in [3.63, 3.8) is 0 Å². The fourth-order valence-electron chi connectivity index (χ4n) is 3.38. The third-order valence-electron chi connectivity index (χ3n) is 4.64. The van der Waals surface area contributed by atoms with E-state index in [2.05, 4.69) is 56.2 Å². The van der Waals surface area contributed by atoms with E-state index < -0.39 is 0 Å². The van der Waals surface area contributed by atoms with Crippen LogP contribution in [0, 0.1) is 0 Å². The monoisotopic (exact) mass is 501 g/mol. The lowest BCUT2D eigenvalue weighted by molar-refractivity contribution is -0.121. The number of guanidine groups is 1. The van der Waals surface area contributed by atoms with Crippen molar-refractivity contribution in [1.82, 2.24) is 20.9 Å². The Kier molecular flexibility index (Phi) is 10.8. The minimum absolute atomic E-state index is 0. The molecule has 1 aliphatic rings. The number of amides is 1. The number of aliphatic imine (C=N–C) groups is 1. The summed E-state index contributed by atoms with van der Waals surface area (Å²) in [5, 5.41) is 9.44. The summed E-state index contributed by atoms with van der Waals surface area (Å²) < 4.78 is 0. The quantitative estimate of drug-likeness (QED) is 0.319. The van der Waals surface area contributed by atoms with E-state index in [-0.39, 0.29) is 42.0 Å². The van der Waals surface area contributed by atoms with Crippen LogP contribution in [-0.4, -0.2) is 55.0 Å². The Morgan fingerprint density at radius 2 is 1.89 bits per heavy atom. The fourth-order valence-corrected chi connectivity index (χ4v) is 3.38. The number of hydrogen-bond acceptors (Lipinski definition) is 3. The van der Waals surface area contributed by atoms with Crippen molar-refractivity contribution in [3.8, 4) is 0 Å². The normalized spacial score (nSPS) is 18.1. The second-order valence-corrected chi connectivity index (χ2v) is 8.21. The second kappa shape index (κ2) is 12.3. The highest BCUT2D eigenvalue weighted by Crippen LogP contribution is 2.19. The molecule has 0 bridgehead atoms.